The molecule has 0 spiro atoms. The van der Waals surface area contributed by atoms with E-state index in [9.17, 15) is 0 Å². The number of nitrogens with zero attached hydrogens (tertiary/aromatic N) is 1. The molecule has 8 aromatic rings. The van der Waals surface area contributed by atoms with Crippen LogP contribution in [0.4, 0.5) is 17.1 Å². The van der Waals surface area contributed by atoms with Gasteiger partial charge in [-0.15, -0.1) is 6.42 Å². The van der Waals surface area contributed by atoms with Crippen LogP contribution in [0.5, 0.6) is 0 Å². The van der Waals surface area contributed by atoms with Crippen LogP contribution in [0.25, 0.3) is 71.7 Å². The third-order valence-electron chi connectivity index (χ3n) is 10.6. The highest BCUT2D eigenvalue weighted by molar-refractivity contribution is 6.24. The number of para-hydroxylation sites is 1. The standard InChI is InChI=1S/C48H31NO/c1-4-12-39-42-19-11-18-41-37-23-21-32(28-44(37)47(39)30(3)36-15-7-8-17-40(36)48(41)42)49(34-25-29(2)35-14-6-5-13-31(35)26-34)33-22-24-46-43(27-33)38-16-9-10-20-45(38)50-46/h1,5-28H,2-3H3/b39-12-. The fourth-order valence-electron chi connectivity index (χ4n) is 8.40. The van der Waals surface area contributed by atoms with Gasteiger partial charge < -0.3 is 9.32 Å². The predicted octanol–water partition coefficient (Wildman–Crippen LogP) is 13.1. The van der Waals surface area contributed by atoms with Gasteiger partial charge in [0, 0.05) is 27.8 Å². The molecule has 0 N–H and O–H groups in total. The Morgan fingerprint density at radius 2 is 1.24 bits per heavy atom. The van der Waals surface area contributed by atoms with E-state index in [0.29, 0.717) is 0 Å². The fraction of sp³-hybridized carbons (Fsp3) is 0.0417. The van der Waals surface area contributed by atoms with Crippen LogP contribution in [0.3, 0.4) is 0 Å². The molecule has 0 amide bonds. The van der Waals surface area contributed by atoms with Crippen molar-refractivity contribution in [1.82, 2.24) is 0 Å². The van der Waals surface area contributed by atoms with Crippen molar-refractivity contribution in [3.8, 4) is 34.6 Å². The topological polar surface area (TPSA) is 16.4 Å². The van der Waals surface area contributed by atoms with Crippen LogP contribution in [0.2, 0.25) is 0 Å². The van der Waals surface area contributed by atoms with Gasteiger partial charge in [-0.05, 0) is 140 Å². The van der Waals surface area contributed by atoms with Crippen molar-refractivity contribution in [2.24, 2.45) is 0 Å². The van der Waals surface area contributed by atoms with Crippen LogP contribution in [-0.4, -0.2) is 0 Å². The van der Waals surface area contributed by atoms with E-state index in [4.69, 9.17) is 10.8 Å². The van der Waals surface area contributed by atoms with Crippen molar-refractivity contribution in [2.75, 3.05) is 4.90 Å². The van der Waals surface area contributed by atoms with Crippen molar-refractivity contribution >= 4 is 66.5 Å². The molecule has 1 heterocycles. The summed E-state index contributed by atoms with van der Waals surface area (Å²) in [6, 6.07) is 50.4. The van der Waals surface area contributed by atoms with Gasteiger partial charge in [-0.3, -0.25) is 0 Å². The molecule has 0 saturated heterocycles. The highest BCUT2D eigenvalue weighted by Crippen LogP contribution is 2.55. The van der Waals surface area contributed by atoms with Gasteiger partial charge >= 0.3 is 0 Å². The Labute approximate surface area is 291 Å². The minimum Gasteiger partial charge on any atom is -0.456 e. The number of anilines is 3. The van der Waals surface area contributed by atoms with E-state index in [1.54, 1.807) is 0 Å². The summed E-state index contributed by atoms with van der Waals surface area (Å²) in [6.07, 6.45) is 8.03. The maximum absolute atomic E-state index is 6.26. The molecule has 0 aliphatic heterocycles. The predicted molar refractivity (Wildman–Crippen MR) is 211 cm³/mol. The summed E-state index contributed by atoms with van der Waals surface area (Å²) in [5.74, 6) is 2.90. The van der Waals surface area contributed by atoms with Crippen molar-refractivity contribution < 1.29 is 4.42 Å². The van der Waals surface area contributed by atoms with E-state index in [0.717, 1.165) is 44.6 Å². The monoisotopic (exact) mass is 637 g/mol. The SMILES string of the molecule is C#C/C=C1\C2=C(C)c3ccccc3-c3c1cccc3-c1ccc(N(c3cc(C)c4ccccc4c3)c3ccc4oc5ccccc5c4c3)cc12. The quantitative estimate of drug-likeness (QED) is 0.179. The Balaban J connectivity index is 1.28. The first-order valence-corrected chi connectivity index (χ1v) is 17.1. The van der Waals surface area contributed by atoms with Gasteiger partial charge in [-0.2, -0.15) is 0 Å². The number of terminal acetylenes is 1. The van der Waals surface area contributed by atoms with Gasteiger partial charge in [0.05, 0.1) is 0 Å². The molecule has 7 aromatic carbocycles. The molecule has 0 atom stereocenters. The Morgan fingerprint density at radius 1 is 0.540 bits per heavy atom. The molecule has 0 unspecified atom stereocenters. The zero-order valence-corrected chi connectivity index (χ0v) is 27.8. The summed E-state index contributed by atoms with van der Waals surface area (Å²) in [7, 11) is 0. The molecule has 10 rings (SSSR count). The summed E-state index contributed by atoms with van der Waals surface area (Å²) < 4.78 is 6.26. The van der Waals surface area contributed by atoms with Crippen molar-refractivity contribution in [3.05, 3.63) is 168 Å². The summed E-state index contributed by atoms with van der Waals surface area (Å²) in [6.45, 7) is 4.45. The van der Waals surface area contributed by atoms with E-state index >= 15 is 0 Å². The largest absolute Gasteiger partial charge is 0.456 e. The number of rotatable bonds is 3. The average molecular weight is 638 g/mol. The van der Waals surface area contributed by atoms with E-state index in [1.165, 1.54) is 66.4 Å². The summed E-state index contributed by atoms with van der Waals surface area (Å²) >= 11 is 0. The van der Waals surface area contributed by atoms with Crippen molar-refractivity contribution in [1.29, 1.82) is 0 Å². The van der Waals surface area contributed by atoms with Crippen molar-refractivity contribution in [3.63, 3.8) is 0 Å². The average Bonchev–Trinajstić information content (AvgIpc) is 3.45. The first kappa shape index (κ1) is 28.5. The molecule has 4 bridgehead atoms. The summed E-state index contributed by atoms with van der Waals surface area (Å²) in [5.41, 5.74) is 18.2. The number of fused-ring (bicyclic) bond motifs is 9. The van der Waals surface area contributed by atoms with Crippen LogP contribution in [0, 0.1) is 19.3 Å². The molecular formula is C48H31NO. The molecule has 2 nitrogen and oxygen atoms in total. The van der Waals surface area contributed by atoms with Crippen LogP contribution >= 0.6 is 0 Å². The first-order chi connectivity index (χ1) is 24.6. The molecule has 2 heteroatoms. The Morgan fingerprint density at radius 3 is 2.12 bits per heavy atom. The van der Waals surface area contributed by atoms with E-state index in [1.807, 2.05) is 18.2 Å². The van der Waals surface area contributed by atoms with Crippen LogP contribution in [0.15, 0.2) is 150 Å². The zero-order valence-electron chi connectivity index (χ0n) is 27.8. The lowest BCUT2D eigenvalue weighted by molar-refractivity contribution is 0.669. The molecule has 0 saturated carbocycles. The number of aryl methyl sites for hydroxylation is 1. The number of furan rings is 1. The Bertz CT molecular complexity index is 2850. The lowest BCUT2D eigenvalue weighted by Crippen LogP contribution is -2.11. The second-order valence-electron chi connectivity index (χ2n) is 13.3. The maximum atomic E-state index is 6.26. The summed E-state index contributed by atoms with van der Waals surface area (Å²) in [4.78, 5) is 2.39. The number of allylic oxidation sites excluding steroid dienone is 4. The van der Waals surface area contributed by atoms with Gasteiger partial charge in [0.15, 0.2) is 0 Å². The third-order valence-corrected chi connectivity index (χ3v) is 10.6. The van der Waals surface area contributed by atoms with Gasteiger partial charge in [-0.1, -0.05) is 96.9 Å². The highest BCUT2D eigenvalue weighted by Gasteiger charge is 2.32. The normalized spacial score (nSPS) is 13.7. The van der Waals surface area contributed by atoms with E-state index < -0.39 is 0 Å². The smallest absolute Gasteiger partial charge is 0.135 e. The van der Waals surface area contributed by atoms with Crippen LogP contribution < -0.4 is 4.90 Å². The number of hydrogen-bond acceptors (Lipinski definition) is 2. The third kappa shape index (κ3) is 4.04. The molecule has 234 valence electrons. The molecule has 1 aromatic heterocycles. The molecule has 50 heavy (non-hydrogen) atoms. The van der Waals surface area contributed by atoms with Gasteiger partial charge in [0.1, 0.15) is 11.2 Å². The fourth-order valence-corrected chi connectivity index (χ4v) is 8.40. The Hall–Kier alpha value is -6.56. The highest BCUT2D eigenvalue weighted by atomic mass is 16.3. The van der Waals surface area contributed by atoms with Crippen LogP contribution in [-0.2, 0) is 0 Å². The molecule has 2 aliphatic rings. The molecular weight excluding hydrogens is 607 g/mol. The molecule has 2 aliphatic carbocycles. The molecule has 0 radical (unpaired) electrons. The minimum atomic E-state index is 0.879. The van der Waals surface area contributed by atoms with E-state index in [-0.39, 0.29) is 0 Å². The van der Waals surface area contributed by atoms with Gasteiger partial charge in [0.25, 0.3) is 0 Å². The second kappa shape index (κ2) is 10.7. The van der Waals surface area contributed by atoms with Crippen molar-refractivity contribution in [2.45, 2.75) is 13.8 Å². The van der Waals surface area contributed by atoms with Gasteiger partial charge in [0.2, 0.25) is 0 Å². The zero-order chi connectivity index (χ0) is 33.5. The molecule has 0 fully saturated rings. The number of benzene rings is 7. The lowest BCUT2D eigenvalue weighted by atomic mass is 9.84. The summed E-state index contributed by atoms with van der Waals surface area (Å²) in [5, 5.41) is 4.67. The van der Waals surface area contributed by atoms with Gasteiger partial charge in [-0.25, -0.2) is 0 Å². The first-order valence-electron chi connectivity index (χ1n) is 17.1. The maximum Gasteiger partial charge on any atom is 0.135 e. The van der Waals surface area contributed by atoms with Crippen LogP contribution in [0.1, 0.15) is 29.2 Å². The lowest BCUT2D eigenvalue weighted by Gasteiger charge is -2.28. The van der Waals surface area contributed by atoms with E-state index in [2.05, 4.69) is 152 Å². The second-order valence-corrected chi connectivity index (χ2v) is 13.3. The minimum absolute atomic E-state index is 0.879. The Kier molecular flexibility index (Phi) is 6.10. The number of hydrogen-bond donors (Lipinski definition) is 0.